The van der Waals surface area contributed by atoms with E-state index in [-0.39, 0.29) is 13.2 Å². The van der Waals surface area contributed by atoms with Crippen LogP contribution in [0.5, 0.6) is 0 Å². The number of hydrogen-bond acceptors (Lipinski definition) is 6. The standard InChI is InChI=1S/C7H8N2O5/c1-2-6(11)13-3-4-14-7(12)9-8-5-10/h2H,1,3-4H2,(H,9,12). The van der Waals surface area contributed by atoms with Crippen LogP contribution >= 0.6 is 0 Å². The number of carbonyl (C=O) groups is 2. The van der Waals surface area contributed by atoms with Gasteiger partial charge in [0.15, 0.2) is 0 Å². The number of hydrogen-bond donors (Lipinski definition) is 1. The maximum Gasteiger partial charge on any atom is 0.428 e. The van der Waals surface area contributed by atoms with Crippen LogP contribution in [0.25, 0.3) is 0 Å². The zero-order chi connectivity index (χ0) is 10.8. The van der Waals surface area contributed by atoms with Crippen molar-refractivity contribution in [2.75, 3.05) is 13.2 Å². The SMILES string of the molecule is C=CC(=O)OCCOC(=O)NN=C=O. The molecule has 0 rings (SSSR count). The number of ether oxygens (including phenoxy) is 2. The Labute approximate surface area is 79.4 Å². The molecule has 0 aromatic heterocycles. The lowest BCUT2D eigenvalue weighted by Crippen LogP contribution is -2.21. The van der Waals surface area contributed by atoms with Crippen LogP contribution in [0.4, 0.5) is 4.79 Å². The fourth-order valence-electron chi connectivity index (χ4n) is 0.436. The summed E-state index contributed by atoms with van der Waals surface area (Å²) in [7, 11) is 0. The van der Waals surface area contributed by atoms with Crippen molar-refractivity contribution < 1.29 is 23.9 Å². The van der Waals surface area contributed by atoms with Gasteiger partial charge in [-0.05, 0) is 0 Å². The van der Waals surface area contributed by atoms with Crippen molar-refractivity contribution in [2.24, 2.45) is 5.10 Å². The van der Waals surface area contributed by atoms with Crippen LogP contribution in [0.15, 0.2) is 17.8 Å². The molecule has 0 aliphatic heterocycles. The zero-order valence-corrected chi connectivity index (χ0v) is 7.19. The molecule has 7 heteroatoms. The highest BCUT2D eigenvalue weighted by atomic mass is 16.6. The molecule has 1 amide bonds. The molecule has 0 bridgehead atoms. The summed E-state index contributed by atoms with van der Waals surface area (Å²) in [5.41, 5.74) is 1.71. The molecule has 0 aromatic carbocycles. The van der Waals surface area contributed by atoms with Gasteiger partial charge in [-0.3, -0.25) is 0 Å². The lowest BCUT2D eigenvalue weighted by atomic mass is 10.6. The van der Waals surface area contributed by atoms with E-state index in [0.29, 0.717) is 0 Å². The molecule has 0 aliphatic carbocycles. The maximum atomic E-state index is 10.5. The molecule has 7 nitrogen and oxygen atoms in total. The quantitative estimate of drug-likeness (QED) is 0.164. The third kappa shape index (κ3) is 6.56. The van der Waals surface area contributed by atoms with Gasteiger partial charge in [-0.25, -0.2) is 19.8 Å². The molecule has 0 atom stereocenters. The van der Waals surface area contributed by atoms with Crippen LogP contribution in [0, 0.1) is 0 Å². The fraction of sp³-hybridized carbons (Fsp3) is 0.286. The van der Waals surface area contributed by atoms with Crippen LogP contribution < -0.4 is 5.43 Å². The normalized spacial score (nSPS) is 8.00. The summed E-state index contributed by atoms with van der Waals surface area (Å²) in [6.07, 6.45) is 1.14. The highest BCUT2D eigenvalue weighted by Crippen LogP contribution is 1.82. The van der Waals surface area contributed by atoms with Gasteiger partial charge in [0.2, 0.25) is 0 Å². The molecule has 0 spiro atoms. The Morgan fingerprint density at radius 3 is 2.64 bits per heavy atom. The first-order valence-electron chi connectivity index (χ1n) is 3.49. The minimum Gasteiger partial charge on any atom is -0.459 e. The Morgan fingerprint density at radius 1 is 1.43 bits per heavy atom. The maximum absolute atomic E-state index is 10.5. The van der Waals surface area contributed by atoms with Crippen molar-refractivity contribution in [3.8, 4) is 0 Å². The molecule has 0 aliphatic rings. The minimum atomic E-state index is -0.928. The third-order valence-electron chi connectivity index (χ3n) is 0.920. The predicted molar refractivity (Wildman–Crippen MR) is 43.8 cm³/mol. The van der Waals surface area contributed by atoms with E-state index in [1.54, 1.807) is 5.43 Å². The molecule has 0 heterocycles. The number of nitrogens with zero attached hydrogens (tertiary/aromatic N) is 1. The molecule has 76 valence electrons. The monoisotopic (exact) mass is 200 g/mol. The van der Waals surface area contributed by atoms with Gasteiger partial charge in [-0.1, -0.05) is 11.7 Å². The van der Waals surface area contributed by atoms with Gasteiger partial charge in [0.05, 0.1) is 0 Å². The Balaban J connectivity index is 3.44. The van der Waals surface area contributed by atoms with E-state index in [4.69, 9.17) is 0 Å². The molecule has 1 N–H and O–H groups in total. The summed E-state index contributed by atoms with van der Waals surface area (Å²) in [6, 6.07) is 0. The van der Waals surface area contributed by atoms with Crippen LogP contribution in [-0.4, -0.2) is 31.4 Å². The number of esters is 1. The number of isocyanates is 1. The average molecular weight is 200 g/mol. The number of carbonyl (C=O) groups excluding carboxylic acids is 3. The molecule has 0 unspecified atom stereocenters. The summed E-state index contributed by atoms with van der Waals surface area (Å²) in [6.45, 7) is 2.93. The van der Waals surface area contributed by atoms with Crippen molar-refractivity contribution in [1.29, 1.82) is 0 Å². The van der Waals surface area contributed by atoms with Crippen molar-refractivity contribution in [1.82, 2.24) is 5.43 Å². The van der Waals surface area contributed by atoms with Crippen LogP contribution in [0.1, 0.15) is 0 Å². The molecule has 0 aromatic rings. The first kappa shape index (κ1) is 11.9. The van der Waals surface area contributed by atoms with Crippen molar-refractivity contribution in [2.45, 2.75) is 0 Å². The van der Waals surface area contributed by atoms with E-state index in [1.165, 1.54) is 0 Å². The highest BCUT2D eigenvalue weighted by molar-refractivity contribution is 5.81. The Bertz CT molecular complexity index is 269. The number of hydrazone groups is 1. The molecule has 14 heavy (non-hydrogen) atoms. The van der Waals surface area contributed by atoms with Gasteiger partial charge in [0.25, 0.3) is 6.08 Å². The van der Waals surface area contributed by atoms with E-state index in [2.05, 4.69) is 21.2 Å². The second kappa shape index (κ2) is 7.51. The molecule has 0 saturated carbocycles. The van der Waals surface area contributed by atoms with Gasteiger partial charge in [-0.2, -0.15) is 0 Å². The third-order valence-corrected chi connectivity index (χ3v) is 0.920. The molecular formula is C7H8N2O5. The largest absolute Gasteiger partial charge is 0.459 e. The Morgan fingerprint density at radius 2 is 2.07 bits per heavy atom. The van der Waals surface area contributed by atoms with Gasteiger partial charge < -0.3 is 9.47 Å². The second-order valence-corrected chi connectivity index (χ2v) is 1.82. The average Bonchev–Trinajstić information content (AvgIpc) is 2.21. The summed E-state index contributed by atoms with van der Waals surface area (Å²) < 4.78 is 8.88. The Hall–Kier alpha value is -2.14. The van der Waals surface area contributed by atoms with Gasteiger partial charge in [0.1, 0.15) is 13.2 Å². The summed E-state index contributed by atoms with van der Waals surface area (Å²) in [5.74, 6) is -0.611. The van der Waals surface area contributed by atoms with Crippen LogP contribution in [0.2, 0.25) is 0 Å². The van der Waals surface area contributed by atoms with Crippen molar-refractivity contribution in [3.63, 3.8) is 0 Å². The molecule has 0 saturated heterocycles. The van der Waals surface area contributed by atoms with E-state index in [9.17, 15) is 14.4 Å². The first-order valence-corrected chi connectivity index (χ1v) is 3.49. The van der Waals surface area contributed by atoms with Crippen molar-refractivity contribution >= 4 is 18.1 Å². The Kier molecular flexibility index (Phi) is 6.36. The number of rotatable bonds is 5. The van der Waals surface area contributed by atoms with E-state index in [0.717, 1.165) is 12.2 Å². The first-order chi connectivity index (χ1) is 6.70. The van der Waals surface area contributed by atoms with Gasteiger partial charge >= 0.3 is 12.1 Å². The lowest BCUT2D eigenvalue weighted by molar-refractivity contribution is -0.138. The van der Waals surface area contributed by atoms with Crippen LogP contribution in [0.3, 0.4) is 0 Å². The molecule has 0 radical (unpaired) electrons. The second-order valence-electron chi connectivity index (χ2n) is 1.82. The highest BCUT2D eigenvalue weighted by Gasteiger charge is 2.00. The zero-order valence-electron chi connectivity index (χ0n) is 7.19. The lowest BCUT2D eigenvalue weighted by Gasteiger charge is -2.02. The summed E-state index contributed by atoms with van der Waals surface area (Å²) in [4.78, 5) is 30.5. The molecular weight excluding hydrogens is 192 g/mol. The van der Waals surface area contributed by atoms with Gasteiger partial charge in [0, 0.05) is 6.08 Å². The van der Waals surface area contributed by atoms with Crippen LogP contribution in [-0.2, 0) is 19.1 Å². The van der Waals surface area contributed by atoms with E-state index >= 15 is 0 Å². The predicted octanol–water partition coefficient (Wildman–Crippen LogP) is -0.307. The summed E-state index contributed by atoms with van der Waals surface area (Å²) >= 11 is 0. The number of amides is 1. The summed E-state index contributed by atoms with van der Waals surface area (Å²) in [5, 5.41) is 2.75. The minimum absolute atomic E-state index is 0.0942. The smallest absolute Gasteiger partial charge is 0.428 e. The topological polar surface area (TPSA) is 94.1 Å². The molecule has 0 fully saturated rings. The van der Waals surface area contributed by atoms with Gasteiger partial charge in [-0.15, -0.1) is 0 Å². The van der Waals surface area contributed by atoms with Crippen molar-refractivity contribution in [3.05, 3.63) is 12.7 Å². The van der Waals surface area contributed by atoms with E-state index in [1.807, 2.05) is 0 Å². The fourth-order valence-corrected chi connectivity index (χ4v) is 0.436. The van der Waals surface area contributed by atoms with E-state index < -0.39 is 12.1 Å². The number of nitrogens with one attached hydrogen (secondary N) is 1.